The van der Waals surface area contributed by atoms with Crippen LogP contribution < -0.4 is 5.32 Å². The number of nitrogens with zero attached hydrogens (tertiary/aromatic N) is 1. The third kappa shape index (κ3) is 3.74. The highest BCUT2D eigenvalue weighted by molar-refractivity contribution is 4.91. The van der Waals surface area contributed by atoms with Crippen molar-refractivity contribution in [3.63, 3.8) is 0 Å². The van der Waals surface area contributed by atoms with Crippen LogP contribution in [0.15, 0.2) is 0 Å². The molecular formula is C14H30N2. The topological polar surface area (TPSA) is 15.3 Å². The predicted molar refractivity (Wildman–Crippen MR) is 71.8 cm³/mol. The minimum Gasteiger partial charge on any atom is -0.310 e. The second-order valence-electron chi connectivity index (χ2n) is 5.52. The van der Waals surface area contributed by atoms with Crippen LogP contribution in [0.5, 0.6) is 0 Å². The van der Waals surface area contributed by atoms with E-state index in [1.807, 2.05) is 0 Å². The van der Waals surface area contributed by atoms with Gasteiger partial charge < -0.3 is 10.2 Å². The molecule has 1 aliphatic heterocycles. The predicted octanol–water partition coefficient (Wildman–Crippen LogP) is 2.89. The minimum atomic E-state index is 0.379. The second-order valence-corrected chi connectivity index (χ2v) is 5.52. The van der Waals surface area contributed by atoms with E-state index in [2.05, 4.69) is 37.9 Å². The summed E-state index contributed by atoms with van der Waals surface area (Å²) in [6.07, 6.45) is 5.11. The molecule has 0 saturated carbocycles. The molecule has 1 rings (SSSR count). The Morgan fingerprint density at radius 2 is 1.94 bits per heavy atom. The largest absolute Gasteiger partial charge is 0.310 e. The van der Waals surface area contributed by atoms with E-state index < -0.39 is 0 Å². The minimum absolute atomic E-state index is 0.379. The van der Waals surface area contributed by atoms with Gasteiger partial charge in [-0.3, -0.25) is 0 Å². The fraction of sp³-hybridized carbons (Fsp3) is 1.00. The van der Waals surface area contributed by atoms with Gasteiger partial charge in [0.1, 0.15) is 0 Å². The first kappa shape index (κ1) is 14.0. The molecule has 2 heteroatoms. The van der Waals surface area contributed by atoms with Gasteiger partial charge in [-0.1, -0.05) is 34.1 Å². The molecule has 0 bridgehead atoms. The van der Waals surface area contributed by atoms with E-state index in [0.717, 1.165) is 5.92 Å². The average Bonchev–Trinajstić information content (AvgIpc) is 2.52. The molecular weight excluding hydrogens is 196 g/mol. The van der Waals surface area contributed by atoms with Crippen molar-refractivity contribution in [1.82, 2.24) is 10.2 Å². The summed E-state index contributed by atoms with van der Waals surface area (Å²) in [4.78, 5) is 2.68. The van der Waals surface area contributed by atoms with Crippen LogP contribution in [0, 0.1) is 5.92 Å². The Morgan fingerprint density at radius 3 is 2.50 bits per heavy atom. The average molecular weight is 226 g/mol. The summed E-state index contributed by atoms with van der Waals surface area (Å²) in [5, 5.41) is 3.77. The molecule has 16 heavy (non-hydrogen) atoms. The van der Waals surface area contributed by atoms with E-state index in [4.69, 9.17) is 0 Å². The van der Waals surface area contributed by atoms with E-state index in [0.29, 0.717) is 5.54 Å². The van der Waals surface area contributed by atoms with Crippen molar-refractivity contribution in [1.29, 1.82) is 0 Å². The molecule has 0 aromatic rings. The summed E-state index contributed by atoms with van der Waals surface area (Å²) < 4.78 is 0. The van der Waals surface area contributed by atoms with Crippen molar-refractivity contribution in [2.45, 2.75) is 58.9 Å². The van der Waals surface area contributed by atoms with Crippen LogP contribution in [0.2, 0.25) is 0 Å². The van der Waals surface area contributed by atoms with Crippen molar-refractivity contribution >= 4 is 0 Å². The van der Waals surface area contributed by atoms with Gasteiger partial charge in [0, 0.05) is 18.6 Å². The maximum Gasteiger partial charge on any atom is 0.0303 e. The maximum absolute atomic E-state index is 3.77. The van der Waals surface area contributed by atoms with Gasteiger partial charge in [-0.25, -0.2) is 0 Å². The lowest BCUT2D eigenvalue weighted by molar-refractivity contribution is 0.177. The molecule has 96 valence electrons. The quantitative estimate of drug-likeness (QED) is 0.775. The maximum atomic E-state index is 3.77. The van der Waals surface area contributed by atoms with Gasteiger partial charge >= 0.3 is 0 Å². The molecule has 0 spiro atoms. The van der Waals surface area contributed by atoms with E-state index in [-0.39, 0.29) is 0 Å². The lowest BCUT2D eigenvalue weighted by Gasteiger charge is -2.36. The molecule has 1 aliphatic rings. The summed E-state index contributed by atoms with van der Waals surface area (Å²) in [5.74, 6) is 0.838. The normalized spacial score (nSPS) is 24.0. The molecule has 2 nitrogen and oxygen atoms in total. The zero-order valence-electron chi connectivity index (χ0n) is 11.7. The summed E-state index contributed by atoms with van der Waals surface area (Å²) in [6.45, 7) is 14.3. The van der Waals surface area contributed by atoms with Crippen molar-refractivity contribution in [3.8, 4) is 0 Å². The summed E-state index contributed by atoms with van der Waals surface area (Å²) in [5.41, 5.74) is 0.379. The van der Waals surface area contributed by atoms with E-state index >= 15 is 0 Å². The van der Waals surface area contributed by atoms with Crippen molar-refractivity contribution in [2.75, 3.05) is 26.2 Å². The van der Waals surface area contributed by atoms with Crippen LogP contribution in [0.4, 0.5) is 0 Å². The molecule has 1 unspecified atom stereocenters. The van der Waals surface area contributed by atoms with Crippen molar-refractivity contribution in [3.05, 3.63) is 0 Å². The Hall–Kier alpha value is -0.0800. The summed E-state index contributed by atoms with van der Waals surface area (Å²) in [7, 11) is 0. The third-order valence-electron chi connectivity index (χ3n) is 4.30. The zero-order chi connectivity index (χ0) is 12.0. The first-order valence-electron chi connectivity index (χ1n) is 7.13. The zero-order valence-corrected chi connectivity index (χ0v) is 11.7. The van der Waals surface area contributed by atoms with Crippen molar-refractivity contribution in [2.24, 2.45) is 5.92 Å². The lowest BCUT2D eigenvalue weighted by Crippen LogP contribution is -2.51. The van der Waals surface area contributed by atoms with Crippen LogP contribution in [0.25, 0.3) is 0 Å². The van der Waals surface area contributed by atoms with Gasteiger partial charge in [0.05, 0.1) is 0 Å². The van der Waals surface area contributed by atoms with E-state index in [9.17, 15) is 0 Å². The van der Waals surface area contributed by atoms with Crippen LogP contribution in [-0.2, 0) is 0 Å². The van der Waals surface area contributed by atoms with Crippen LogP contribution in [-0.4, -0.2) is 36.6 Å². The first-order chi connectivity index (χ1) is 7.65. The van der Waals surface area contributed by atoms with Crippen LogP contribution in [0.1, 0.15) is 53.4 Å². The Morgan fingerprint density at radius 1 is 1.25 bits per heavy atom. The number of nitrogens with one attached hydrogen (secondary N) is 1. The monoisotopic (exact) mass is 226 g/mol. The SMILES string of the molecule is CCC(C)CN1CCCNC(CC)(CC)C1. The van der Waals surface area contributed by atoms with Gasteiger partial charge in [-0.15, -0.1) is 0 Å². The van der Waals surface area contributed by atoms with E-state index in [1.165, 1.54) is 51.9 Å². The van der Waals surface area contributed by atoms with Crippen LogP contribution >= 0.6 is 0 Å². The first-order valence-corrected chi connectivity index (χ1v) is 7.13. The number of hydrogen-bond acceptors (Lipinski definition) is 2. The molecule has 1 fully saturated rings. The van der Waals surface area contributed by atoms with Gasteiger partial charge in [-0.2, -0.15) is 0 Å². The summed E-state index contributed by atoms with van der Waals surface area (Å²) >= 11 is 0. The number of hydrogen-bond donors (Lipinski definition) is 1. The fourth-order valence-electron chi connectivity index (χ4n) is 2.67. The Labute approximate surface area is 102 Å². The molecule has 1 heterocycles. The Kier molecular flexibility index (Phi) is 5.77. The molecule has 1 saturated heterocycles. The van der Waals surface area contributed by atoms with Crippen LogP contribution in [0.3, 0.4) is 0 Å². The van der Waals surface area contributed by atoms with Gasteiger partial charge in [0.25, 0.3) is 0 Å². The summed E-state index contributed by atoms with van der Waals surface area (Å²) in [6, 6.07) is 0. The highest BCUT2D eigenvalue weighted by Gasteiger charge is 2.30. The molecule has 1 atom stereocenters. The molecule has 0 aromatic carbocycles. The standard InChI is InChI=1S/C14H30N2/c1-5-13(4)11-16-10-8-9-15-14(6-2,7-3)12-16/h13,15H,5-12H2,1-4H3. The molecule has 1 N–H and O–H groups in total. The van der Waals surface area contributed by atoms with Gasteiger partial charge in [0.2, 0.25) is 0 Å². The fourth-order valence-corrected chi connectivity index (χ4v) is 2.67. The smallest absolute Gasteiger partial charge is 0.0303 e. The molecule has 0 aromatic heterocycles. The lowest BCUT2D eigenvalue weighted by atomic mass is 9.92. The van der Waals surface area contributed by atoms with E-state index in [1.54, 1.807) is 0 Å². The van der Waals surface area contributed by atoms with Gasteiger partial charge in [0.15, 0.2) is 0 Å². The number of rotatable bonds is 5. The second kappa shape index (κ2) is 6.61. The highest BCUT2D eigenvalue weighted by atomic mass is 15.2. The molecule has 0 radical (unpaired) electrons. The molecule has 0 amide bonds. The van der Waals surface area contributed by atoms with Crippen molar-refractivity contribution < 1.29 is 0 Å². The van der Waals surface area contributed by atoms with Gasteiger partial charge in [-0.05, 0) is 38.3 Å². The Balaban J connectivity index is 2.57. The Bertz CT molecular complexity index is 187. The highest BCUT2D eigenvalue weighted by Crippen LogP contribution is 2.20. The third-order valence-corrected chi connectivity index (χ3v) is 4.30. The molecule has 0 aliphatic carbocycles.